The third-order valence-electron chi connectivity index (χ3n) is 2.72. The summed E-state index contributed by atoms with van der Waals surface area (Å²) >= 11 is 0. The first kappa shape index (κ1) is 9.84. The quantitative estimate of drug-likeness (QED) is 0.669. The van der Waals surface area contributed by atoms with Crippen molar-refractivity contribution < 1.29 is 5.11 Å². The molecule has 4 heteroatoms. The number of H-pyrrole nitrogens is 1. The monoisotopic (exact) mass is 225 g/mol. The van der Waals surface area contributed by atoms with Crippen molar-refractivity contribution in [2.45, 2.75) is 6.92 Å². The molecule has 3 aromatic rings. The average molecular weight is 225 g/mol. The van der Waals surface area contributed by atoms with Crippen molar-refractivity contribution in [1.29, 1.82) is 0 Å². The zero-order valence-electron chi connectivity index (χ0n) is 9.31. The molecule has 84 valence electrons. The molecule has 0 aliphatic heterocycles. The molecular formula is C13H11N3O. The Morgan fingerprint density at radius 1 is 1.18 bits per heavy atom. The van der Waals surface area contributed by atoms with Gasteiger partial charge in [0.25, 0.3) is 0 Å². The summed E-state index contributed by atoms with van der Waals surface area (Å²) in [5, 5.41) is 10.9. The number of aromatic nitrogens is 3. The van der Waals surface area contributed by atoms with Crippen LogP contribution in [-0.4, -0.2) is 20.1 Å². The number of hydrogen-bond acceptors (Lipinski definition) is 3. The zero-order chi connectivity index (χ0) is 11.8. The van der Waals surface area contributed by atoms with Gasteiger partial charge in [-0.1, -0.05) is 18.2 Å². The molecule has 17 heavy (non-hydrogen) atoms. The van der Waals surface area contributed by atoms with Gasteiger partial charge in [-0.05, 0) is 19.1 Å². The Bertz CT molecular complexity index is 688. The lowest BCUT2D eigenvalue weighted by atomic mass is 10.1. The van der Waals surface area contributed by atoms with E-state index < -0.39 is 0 Å². The molecule has 3 rings (SSSR count). The highest BCUT2D eigenvalue weighted by Crippen LogP contribution is 2.34. The standard InChI is InChI=1S/C13H11N3O/c1-8-14-7-6-11(15-8)12-9-4-2-3-5-10(9)16-13(12)17/h2-7,16-17H,1H3. The van der Waals surface area contributed by atoms with Gasteiger partial charge in [0.05, 0.1) is 11.3 Å². The number of benzene rings is 1. The molecule has 0 aliphatic rings. The van der Waals surface area contributed by atoms with E-state index in [0.717, 1.165) is 22.2 Å². The Labute approximate surface area is 98.0 Å². The van der Waals surface area contributed by atoms with Crippen molar-refractivity contribution in [3.8, 4) is 17.1 Å². The molecule has 0 saturated carbocycles. The maximum Gasteiger partial charge on any atom is 0.199 e. The zero-order valence-corrected chi connectivity index (χ0v) is 9.31. The number of aromatic hydroxyl groups is 1. The van der Waals surface area contributed by atoms with E-state index in [-0.39, 0.29) is 5.88 Å². The van der Waals surface area contributed by atoms with Crippen molar-refractivity contribution in [1.82, 2.24) is 15.0 Å². The molecule has 0 bridgehead atoms. The lowest BCUT2D eigenvalue weighted by molar-refractivity contribution is 0.460. The largest absolute Gasteiger partial charge is 0.494 e. The topological polar surface area (TPSA) is 61.8 Å². The molecule has 0 spiro atoms. The third-order valence-corrected chi connectivity index (χ3v) is 2.72. The Kier molecular flexibility index (Phi) is 2.08. The van der Waals surface area contributed by atoms with Crippen molar-refractivity contribution in [3.63, 3.8) is 0 Å². The fraction of sp³-hybridized carbons (Fsp3) is 0.0769. The van der Waals surface area contributed by atoms with E-state index in [0.29, 0.717) is 5.82 Å². The van der Waals surface area contributed by atoms with Gasteiger partial charge in [0.2, 0.25) is 0 Å². The Morgan fingerprint density at radius 3 is 2.82 bits per heavy atom. The molecule has 0 atom stereocenters. The van der Waals surface area contributed by atoms with E-state index in [2.05, 4.69) is 15.0 Å². The molecule has 0 unspecified atom stereocenters. The van der Waals surface area contributed by atoms with E-state index in [9.17, 15) is 5.11 Å². The molecule has 2 heterocycles. The SMILES string of the molecule is Cc1nccc(-c2c(O)[nH]c3ccccc23)n1. The van der Waals surface area contributed by atoms with Crippen LogP contribution in [0.1, 0.15) is 5.82 Å². The summed E-state index contributed by atoms with van der Waals surface area (Å²) in [6.45, 7) is 1.83. The highest BCUT2D eigenvalue weighted by molar-refractivity contribution is 5.97. The van der Waals surface area contributed by atoms with E-state index in [1.165, 1.54) is 0 Å². The van der Waals surface area contributed by atoms with Gasteiger partial charge in [-0.15, -0.1) is 0 Å². The third kappa shape index (κ3) is 1.54. The first-order valence-electron chi connectivity index (χ1n) is 5.35. The Balaban J connectivity index is 2.33. The lowest BCUT2D eigenvalue weighted by Gasteiger charge is -2.00. The van der Waals surface area contributed by atoms with Crippen LogP contribution >= 0.6 is 0 Å². The molecule has 0 saturated heterocycles. The summed E-state index contributed by atoms with van der Waals surface area (Å²) < 4.78 is 0. The van der Waals surface area contributed by atoms with E-state index in [4.69, 9.17) is 0 Å². The molecule has 0 fully saturated rings. The summed E-state index contributed by atoms with van der Waals surface area (Å²) in [6.07, 6.45) is 1.69. The summed E-state index contributed by atoms with van der Waals surface area (Å²) in [5.74, 6) is 0.830. The van der Waals surface area contributed by atoms with Gasteiger partial charge in [0.15, 0.2) is 5.88 Å². The normalized spacial score (nSPS) is 10.9. The number of nitrogens with zero attached hydrogens (tertiary/aromatic N) is 2. The highest BCUT2D eigenvalue weighted by atomic mass is 16.3. The van der Waals surface area contributed by atoms with Gasteiger partial charge in [-0.25, -0.2) is 9.97 Å². The lowest BCUT2D eigenvalue weighted by Crippen LogP contribution is -1.89. The fourth-order valence-corrected chi connectivity index (χ4v) is 1.98. The van der Waals surface area contributed by atoms with E-state index >= 15 is 0 Å². The minimum atomic E-state index is 0.143. The Hall–Kier alpha value is -2.36. The molecule has 0 aliphatic carbocycles. The van der Waals surface area contributed by atoms with Gasteiger partial charge >= 0.3 is 0 Å². The second-order valence-corrected chi connectivity index (χ2v) is 3.88. The minimum absolute atomic E-state index is 0.143. The number of aryl methyl sites for hydroxylation is 1. The Morgan fingerprint density at radius 2 is 2.00 bits per heavy atom. The number of para-hydroxylation sites is 1. The first-order chi connectivity index (χ1) is 8.25. The van der Waals surface area contributed by atoms with Crippen LogP contribution in [0.25, 0.3) is 22.2 Å². The van der Waals surface area contributed by atoms with Gasteiger partial charge in [-0.2, -0.15) is 0 Å². The number of fused-ring (bicyclic) bond motifs is 1. The molecule has 4 nitrogen and oxygen atoms in total. The molecule has 2 N–H and O–H groups in total. The fourth-order valence-electron chi connectivity index (χ4n) is 1.98. The van der Waals surface area contributed by atoms with Crippen molar-refractivity contribution in [3.05, 3.63) is 42.4 Å². The summed E-state index contributed by atoms with van der Waals surface area (Å²) in [6, 6.07) is 9.54. The van der Waals surface area contributed by atoms with Gasteiger partial charge in [0.1, 0.15) is 5.82 Å². The molecule has 0 radical (unpaired) electrons. The number of hydrogen-bond donors (Lipinski definition) is 2. The molecule has 1 aromatic carbocycles. The second kappa shape index (κ2) is 3.59. The van der Waals surface area contributed by atoms with E-state index in [1.54, 1.807) is 12.3 Å². The average Bonchev–Trinajstić information content (AvgIpc) is 2.64. The van der Waals surface area contributed by atoms with Crippen molar-refractivity contribution >= 4 is 10.9 Å². The van der Waals surface area contributed by atoms with Crippen LogP contribution in [-0.2, 0) is 0 Å². The predicted octanol–water partition coefficient (Wildman–Crippen LogP) is 2.64. The minimum Gasteiger partial charge on any atom is -0.494 e. The van der Waals surface area contributed by atoms with Crippen molar-refractivity contribution in [2.75, 3.05) is 0 Å². The smallest absolute Gasteiger partial charge is 0.199 e. The number of nitrogens with one attached hydrogen (secondary N) is 1. The van der Waals surface area contributed by atoms with Crippen LogP contribution in [0, 0.1) is 6.92 Å². The molecule has 2 aromatic heterocycles. The number of aromatic amines is 1. The van der Waals surface area contributed by atoms with Gasteiger partial charge in [-0.3, -0.25) is 0 Å². The summed E-state index contributed by atoms with van der Waals surface area (Å²) in [4.78, 5) is 11.3. The summed E-state index contributed by atoms with van der Waals surface area (Å²) in [7, 11) is 0. The van der Waals surface area contributed by atoms with Crippen LogP contribution in [0.15, 0.2) is 36.5 Å². The maximum absolute atomic E-state index is 9.96. The van der Waals surface area contributed by atoms with Crippen LogP contribution in [0.4, 0.5) is 0 Å². The number of rotatable bonds is 1. The second-order valence-electron chi connectivity index (χ2n) is 3.88. The molecule has 0 amide bonds. The summed E-state index contributed by atoms with van der Waals surface area (Å²) in [5.41, 5.74) is 2.36. The highest BCUT2D eigenvalue weighted by Gasteiger charge is 2.13. The molecular weight excluding hydrogens is 214 g/mol. The van der Waals surface area contributed by atoms with Crippen LogP contribution in [0.3, 0.4) is 0 Å². The predicted molar refractivity (Wildman–Crippen MR) is 65.7 cm³/mol. The maximum atomic E-state index is 9.96. The van der Waals surface area contributed by atoms with Crippen LogP contribution in [0.2, 0.25) is 0 Å². The van der Waals surface area contributed by atoms with Gasteiger partial charge in [0, 0.05) is 17.1 Å². The van der Waals surface area contributed by atoms with Crippen LogP contribution < -0.4 is 0 Å². The van der Waals surface area contributed by atoms with Crippen molar-refractivity contribution in [2.24, 2.45) is 0 Å². The first-order valence-corrected chi connectivity index (χ1v) is 5.35. The van der Waals surface area contributed by atoms with Gasteiger partial charge < -0.3 is 10.1 Å². The van der Waals surface area contributed by atoms with Crippen LogP contribution in [0.5, 0.6) is 5.88 Å². The van der Waals surface area contributed by atoms with E-state index in [1.807, 2.05) is 31.2 Å².